The number of nitrogens with zero attached hydrogens (tertiary/aromatic N) is 1. The molecule has 0 unspecified atom stereocenters. The first-order chi connectivity index (χ1) is 15.9. The molecule has 1 heterocycles. The summed E-state index contributed by atoms with van der Waals surface area (Å²) in [6, 6.07) is 20.8. The first-order valence-electron chi connectivity index (χ1n) is 10.8. The SMILES string of the molecule is Cc1ccc(NS(=O)(=O)c2ccc(NC(=O)c3cccc(CN4CCOCC4)c3)cc2)cc1. The highest BCUT2D eigenvalue weighted by Crippen LogP contribution is 2.19. The molecule has 2 N–H and O–H groups in total. The molecule has 33 heavy (non-hydrogen) atoms. The molecule has 1 saturated heterocycles. The quantitative estimate of drug-likeness (QED) is 0.553. The number of aryl methyl sites for hydroxylation is 1. The molecule has 7 nitrogen and oxygen atoms in total. The van der Waals surface area contributed by atoms with Crippen molar-refractivity contribution in [2.45, 2.75) is 18.4 Å². The first kappa shape index (κ1) is 23.0. The Morgan fingerprint density at radius 1 is 0.939 bits per heavy atom. The number of rotatable bonds is 7. The number of amides is 1. The molecule has 0 aliphatic carbocycles. The van der Waals surface area contributed by atoms with E-state index in [4.69, 9.17) is 4.74 Å². The number of anilines is 2. The summed E-state index contributed by atoms with van der Waals surface area (Å²) in [6.45, 7) is 5.92. The monoisotopic (exact) mass is 465 g/mol. The number of benzene rings is 3. The van der Waals surface area contributed by atoms with Gasteiger partial charge in [-0.05, 0) is 61.0 Å². The maximum absolute atomic E-state index is 12.7. The van der Waals surface area contributed by atoms with Crippen molar-refractivity contribution in [3.05, 3.63) is 89.5 Å². The predicted molar refractivity (Wildman–Crippen MR) is 129 cm³/mol. The number of carbonyl (C=O) groups is 1. The molecule has 1 amide bonds. The second kappa shape index (κ2) is 10.2. The lowest BCUT2D eigenvalue weighted by molar-refractivity contribution is 0.0342. The van der Waals surface area contributed by atoms with Crippen molar-refractivity contribution in [3.63, 3.8) is 0 Å². The second-order valence-corrected chi connectivity index (χ2v) is 9.72. The highest BCUT2D eigenvalue weighted by atomic mass is 32.2. The van der Waals surface area contributed by atoms with Crippen LogP contribution >= 0.6 is 0 Å². The van der Waals surface area contributed by atoms with Gasteiger partial charge in [0.25, 0.3) is 15.9 Å². The molecule has 0 bridgehead atoms. The van der Waals surface area contributed by atoms with E-state index in [0.29, 0.717) is 16.9 Å². The fraction of sp³-hybridized carbons (Fsp3) is 0.240. The third-order valence-electron chi connectivity index (χ3n) is 5.43. The van der Waals surface area contributed by atoms with Gasteiger partial charge in [0.1, 0.15) is 0 Å². The Labute approximate surface area is 194 Å². The molecule has 0 spiro atoms. The zero-order valence-corrected chi connectivity index (χ0v) is 19.3. The number of ether oxygens (including phenoxy) is 1. The van der Waals surface area contributed by atoms with Gasteiger partial charge in [0, 0.05) is 36.6 Å². The minimum atomic E-state index is -3.72. The minimum Gasteiger partial charge on any atom is -0.379 e. The molecule has 0 saturated carbocycles. The summed E-state index contributed by atoms with van der Waals surface area (Å²) in [4.78, 5) is 15.1. The van der Waals surface area contributed by atoms with Gasteiger partial charge in [-0.1, -0.05) is 29.8 Å². The predicted octanol–water partition coefficient (Wildman–Crippen LogP) is 3.88. The number of nitrogens with one attached hydrogen (secondary N) is 2. The Morgan fingerprint density at radius 3 is 2.30 bits per heavy atom. The Morgan fingerprint density at radius 2 is 1.61 bits per heavy atom. The largest absolute Gasteiger partial charge is 0.379 e. The van der Waals surface area contributed by atoms with Crippen molar-refractivity contribution < 1.29 is 17.9 Å². The molecule has 3 aromatic rings. The molecule has 8 heteroatoms. The van der Waals surface area contributed by atoms with Crippen LogP contribution in [0.2, 0.25) is 0 Å². The Hall–Kier alpha value is -3.20. The average molecular weight is 466 g/mol. The lowest BCUT2D eigenvalue weighted by Crippen LogP contribution is -2.35. The van der Waals surface area contributed by atoms with Crippen LogP contribution in [0, 0.1) is 6.92 Å². The second-order valence-electron chi connectivity index (χ2n) is 8.04. The number of carbonyl (C=O) groups excluding carboxylic acids is 1. The maximum atomic E-state index is 12.7. The van der Waals surface area contributed by atoms with E-state index in [2.05, 4.69) is 14.9 Å². The summed E-state index contributed by atoms with van der Waals surface area (Å²) < 4.78 is 33.2. The number of hydrogen-bond donors (Lipinski definition) is 2. The summed E-state index contributed by atoms with van der Waals surface area (Å²) in [6.07, 6.45) is 0. The molecular weight excluding hydrogens is 438 g/mol. The van der Waals surface area contributed by atoms with E-state index in [0.717, 1.165) is 44.0 Å². The minimum absolute atomic E-state index is 0.119. The van der Waals surface area contributed by atoms with Crippen LogP contribution in [0.3, 0.4) is 0 Å². The van der Waals surface area contributed by atoms with E-state index >= 15 is 0 Å². The molecule has 3 aromatic carbocycles. The van der Waals surface area contributed by atoms with Crippen molar-refractivity contribution in [2.24, 2.45) is 0 Å². The Balaban J connectivity index is 1.39. The van der Waals surface area contributed by atoms with Crippen molar-refractivity contribution >= 4 is 27.3 Å². The molecule has 1 aliphatic heterocycles. The number of hydrogen-bond acceptors (Lipinski definition) is 5. The Bertz CT molecular complexity index is 1200. The summed E-state index contributed by atoms with van der Waals surface area (Å²) >= 11 is 0. The van der Waals surface area contributed by atoms with E-state index in [1.807, 2.05) is 37.3 Å². The maximum Gasteiger partial charge on any atom is 0.261 e. The van der Waals surface area contributed by atoms with Gasteiger partial charge >= 0.3 is 0 Å². The molecule has 1 fully saturated rings. The van der Waals surface area contributed by atoms with Gasteiger partial charge in [-0.3, -0.25) is 14.4 Å². The van der Waals surface area contributed by atoms with Gasteiger partial charge in [0.15, 0.2) is 0 Å². The Kier molecular flexibility index (Phi) is 7.08. The topological polar surface area (TPSA) is 87.7 Å². The normalized spacial score (nSPS) is 14.6. The molecule has 172 valence electrons. The lowest BCUT2D eigenvalue weighted by Gasteiger charge is -2.26. The van der Waals surface area contributed by atoms with Crippen molar-refractivity contribution in [3.8, 4) is 0 Å². The van der Waals surface area contributed by atoms with Crippen molar-refractivity contribution in [1.82, 2.24) is 4.90 Å². The first-order valence-corrected chi connectivity index (χ1v) is 12.3. The van der Waals surface area contributed by atoms with Crippen LogP contribution in [0.1, 0.15) is 21.5 Å². The highest BCUT2D eigenvalue weighted by Gasteiger charge is 2.15. The van der Waals surface area contributed by atoms with Crippen molar-refractivity contribution in [1.29, 1.82) is 0 Å². The van der Waals surface area contributed by atoms with Gasteiger partial charge in [0.05, 0.1) is 18.1 Å². The fourth-order valence-electron chi connectivity index (χ4n) is 3.58. The molecule has 0 atom stereocenters. The summed E-state index contributed by atoms with van der Waals surface area (Å²) in [7, 11) is -3.72. The van der Waals surface area contributed by atoms with E-state index in [1.54, 1.807) is 30.3 Å². The molecule has 0 radical (unpaired) electrons. The molecule has 4 rings (SSSR count). The zero-order chi connectivity index (χ0) is 23.3. The smallest absolute Gasteiger partial charge is 0.261 e. The van der Waals surface area contributed by atoms with Crippen LogP contribution in [-0.4, -0.2) is 45.5 Å². The van der Waals surface area contributed by atoms with E-state index < -0.39 is 10.0 Å². The van der Waals surface area contributed by atoms with Crippen LogP contribution in [0.25, 0.3) is 0 Å². The summed E-state index contributed by atoms with van der Waals surface area (Å²) in [5.74, 6) is -0.243. The number of morpholine rings is 1. The highest BCUT2D eigenvalue weighted by molar-refractivity contribution is 7.92. The number of sulfonamides is 1. The van der Waals surface area contributed by atoms with Crippen LogP contribution in [0.4, 0.5) is 11.4 Å². The van der Waals surface area contributed by atoms with Gasteiger partial charge in [-0.15, -0.1) is 0 Å². The van der Waals surface area contributed by atoms with E-state index in [9.17, 15) is 13.2 Å². The fourth-order valence-corrected chi connectivity index (χ4v) is 4.64. The third-order valence-corrected chi connectivity index (χ3v) is 6.82. The lowest BCUT2D eigenvalue weighted by atomic mass is 10.1. The summed E-state index contributed by atoms with van der Waals surface area (Å²) in [5, 5.41) is 2.84. The molecule has 0 aromatic heterocycles. The van der Waals surface area contributed by atoms with Crippen LogP contribution in [0.5, 0.6) is 0 Å². The zero-order valence-electron chi connectivity index (χ0n) is 18.5. The van der Waals surface area contributed by atoms with Crippen LogP contribution in [-0.2, 0) is 21.3 Å². The van der Waals surface area contributed by atoms with Gasteiger partial charge in [-0.25, -0.2) is 8.42 Å². The van der Waals surface area contributed by atoms with Crippen LogP contribution < -0.4 is 10.0 Å². The molecule has 1 aliphatic rings. The van der Waals surface area contributed by atoms with Gasteiger partial charge in [-0.2, -0.15) is 0 Å². The third kappa shape index (κ3) is 6.19. The van der Waals surface area contributed by atoms with Crippen LogP contribution in [0.15, 0.2) is 77.7 Å². The standard InChI is InChI=1S/C25H27N3O4S/c1-19-5-7-23(8-6-19)27-33(30,31)24-11-9-22(10-12-24)26-25(29)21-4-2-3-20(17-21)18-28-13-15-32-16-14-28/h2-12,17,27H,13-16,18H2,1H3,(H,26,29). The van der Waals surface area contributed by atoms with Crippen molar-refractivity contribution in [2.75, 3.05) is 36.3 Å². The average Bonchev–Trinajstić information content (AvgIpc) is 2.82. The van der Waals surface area contributed by atoms with Gasteiger partial charge < -0.3 is 10.1 Å². The van der Waals surface area contributed by atoms with E-state index in [1.165, 1.54) is 12.1 Å². The summed E-state index contributed by atoms with van der Waals surface area (Å²) in [5.41, 5.74) is 3.68. The van der Waals surface area contributed by atoms with E-state index in [-0.39, 0.29) is 10.8 Å². The molecular formula is C25H27N3O4S. The van der Waals surface area contributed by atoms with Gasteiger partial charge in [0.2, 0.25) is 0 Å².